The second-order valence-corrected chi connectivity index (χ2v) is 5.77. The first-order valence-corrected chi connectivity index (χ1v) is 7.09. The average molecular weight is 320 g/mol. The molecule has 0 unspecified atom stereocenters. The zero-order valence-corrected chi connectivity index (χ0v) is 11.9. The third-order valence-electron chi connectivity index (χ3n) is 3.14. The van der Waals surface area contributed by atoms with E-state index in [4.69, 9.17) is 0 Å². The second-order valence-electron chi connectivity index (χ2n) is 4.86. The smallest absolute Gasteiger partial charge is 0.255 e. The number of rotatable bonds is 4. The Hall–Kier alpha value is -1.62. The summed E-state index contributed by atoms with van der Waals surface area (Å²) in [7, 11) is 0. The monoisotopic (exact) mass is 319 g/mol. The van der Waals surface area contributed by atoms with Gasteiger partial charge in [-0.05, 0) is 43.0 Å². The van der Waals surface area contributed by atoms with Gasteiger partial charge in [-0.2, -0.15) is 5.10 Å². The maximum Gasteiger partial charge on any atom is 0.255 e. The molecule has 0 spiro atoms. The number of anilines is 1. The molecule has 1 aromatic heterocycles. The number of nitrogens with zero attached hydrogens (tertiary/aromatic N) is 2. The zero-order chi connectivity index (χ0) is 13.2. The molecule has 3 rings (SSSR count). The highest BCUT2D eigenvalue weighted by atomic mass is 79.9. The van der Waals surface area contributed by atoms with Gasteiger partial charge >= 0.3 is 0 Å². The van der Waals surface area contributed by atoms with E-state index < -0.39 is 0 Å². The molecule has 0 saturated heterocycles. The van der Waals surface area contributed by atoms with Crippen LogP contribution in [0.4, 0.5) is 5.69 Å². The molecule has 0 radical (unpaired) electrons. The topological polar surface area (TPSA) is 46.9 Å². The van der Waals surface area contributed by atoms with Crippen molar-refractivity contribution >= 4 is 27.5 Å². The number of nitrogens with one attached hydrogen (secondary N) is 1. The van der Waals surface area contributed by atoms with Crippen LogP contribution in [0, 0.1) is 5.92 Å². The molecule has 1 aromatic carbocycles. The standard InChI is InChI=1S/C14H14BrN3O/c15-12-5-3-11(4-6-12)14(19)17-13-7-16-18(9-13)8-10-1-2-10/h3-7,9-10H,1-2,8H2,(H,17,19). The van der Waals surface area contributed by atoms with E-state index >= 15 is 0 Å². The fraction of sp³-hybridized carbons (Fsp3) is 0.286. The number of benzene rings is 1. The Kier molecular flexibility index (Phi) is 3.38. The normalized spacial score (nSPS) is 14.4. The summed E-state index contributed by atoms with van der Waals surface area (Å²) in [5.41, 5.74) is 1.38. The fourth-order valence-corrected chi connectivity index (χ4v) is 2.16. The second kappa shape index (κ2) is 5.17. The Balaban J connectivity index is 1.64. The molecular formula is C14H14BrN3O. The summed E-state index contributed by atoms with van der Waals surface area (Å²) in [6, 6.07) is 7.28. The molecule has 1 aliphatic carbocycles. The predicted molar refractivity (Wildman–Crippen MR) is 77.0 cm³/mol. The van der Waals surface area contributed by atoms with Crippen molar-refractivity contribution < 1.29 is 4.79 Å². The lowest BCUT2D eigenvalue weighted by Gasteiger charge is -2.02. The molecule has 4 nitrogen and oxygen atoms in total. The van der Waals surface area contributed by atoms with Crippen molar-refractivity contribution in [3.05, 3.63) is 46.7 Å². The van der Waals surface area contributed by atoms with Crippen LogP contribution in [0.15, 0.2) is 41.1 Å². The summed E-state index contributed by atoms with van der Waals surface area (Å²) in [6.45, 7) is 0.953. The summed E-state index contributed by atoms with van der Waals surface area (Å²) in [6.07, 6.45) is 6.16. The Bertz CT molecular complexity index is 587. The molecule has 1 saturated carbocycles. The fourth-order valence-electron chi connectivity index (χ4n) is 1.90. The van der Waals surface area contributed by atoms with Gasteiger partial charge < -0.3 is 5.32 Å². The number of carbonyl (C=O) groups excluding carboxylic acids is 1. The van der Waals surface area contributed by atoms with Gasteiger partial charge in [-0.25, -0.2) is 0 Å². The molecule has 19 heavy (non-hydrogen) atoms. The summed E-state index contributed by atoms with van der Waals surface area (Å²) < 4.78 is 2.86. The molecule has 0 bridgehead atoms. The van der Waals surface area contributed by atoms with Crippen molar-refractivity contribution in [2.45, 2.75) is 19.4 Å². The van der Waals surface area contributed by atoms with Crippen LogP contribution in [0.25, 0.3) is 0 Å². The van der Waals surface area contributed by atoms with Crippen molar-refractivity contribution in [1.29, 1.82) is 0 Å². The van der Waals surface area contributed by atoms with Gasteiger partial charge in [0.1, 0.15) is 0 Å². The quantitative estimate of drug-likeness (QED) is 0.939. The van der Waals surface area contributed by atoms with E-state index in [1.165, 1.54) is 12.8 Å². The van der Waals surface area contributed by atoms with Crippen molar-refractivity contribution in [3.8, 4) is 0 Å². The van der Waals surface area contributed by atoms with Crippen LogP contribution < -0.4 is 5.32 Å². The molecule has 5 heteroatoms. The minimum absolute atomic E-state index is 0.113. The Labute approximate surface area is 119 Å². The minimum Gasteiger partial charge on any atom is -0.319 e. The number of amides is 1. The van der Waals surface area contributed by atoms with Gasteiger partial charge in [-0.1, -0.05) is 15.9 Å². The van der Waals surface area contributed by atoms with Crippen LogP contribution in [-0.2, 0) is 6.54 Å². The number of carbonyl (C=O) groups is 1. The van der Waals surface area contributed by atoms with E-state index in [0.717, 1.165) is 22.6 Å². The molecule has 1 N–H and O–H groups in total. The van der Waals surface area contributed by atoms with E-state index in [1.54, 1.807) is 18.3 Å². The first kappa shape index (κ1) is 12.4. The van der Waals surface area contributed by atoms with E-state index in [2.05, 4.69) is 26.3 Å². The maximum absolute atomic E-state index is 12.0. The summed E-state index contributed by atoms with van der Waals surface area (Å²) in [5.74, 6) is 0.661. The van der Waals surface area contributed by atoms with Gasteiger partial charge in [0.2, 0.25) is 0 Å². The lowest BCUT2D eigenvalue weighted by molar-refractivity contribution is 0.102. The van der Waals surface area contributed by atoms with Crippen LogP contribution in [0.5, 0.6) is 0 Å². The molecule has 1 amide bonds. The number of hydrogen-bond acceptors (Lipinski definition) is 2. The van der Waals surface area contributed by atoms with Crippen LogP contribution in [0.3, 0.4) is 0 Å². The van der Waals surface area contributed by atoms with E-state index in [-0.39, 0.29) is 5.91 Å². The maximum atomic E-state index is 12.0. The Morgan fingerprint density at radius 2 is 2.11 bits per heavy atom. The highest BCUT2D eigenvalue weighted by molar-refractivity contribution is 9.10. The summed E-state index contributed by atoms with van der Waals surface area (Å²) in [5, 5.41) is 7.11. The molecule has 0 atom stereocenters. The lowest BCUT2D eigenvalue weighted by Crippen LogP contribution is -2.11. The van der Waals surface area contributed by atoms with Crippen LogP contribution in [-0.4, -0.2) is 15.7 Å². The number of halogens is 1. The SMILES string of the molecule is O=C(Nc1cnn(CC2CC2)c1)c1ccc(Br)cc1. The van der Waals surface area contributed by atoms with E-state index in [1.807, 2.05) is 23.0 Å². The van der Waals surface area contributed by atoms with Crippen molar-refractivity contribution in [1.82, 2.24) is 9.78 Å². The largest absolute Gasteiger partial charge is 0.319 e. The minimum atomic E-state index is -0.113. The number of aromatic nitrogens is 2. The Morgan fingerprint density at radius 1 is 1.37 bits per heavy atom. The highest BCUT2D eigenvalue weighted by Gasteiger charge is 2.22. The molecular weight excluding hydrogens is 306 g/mol. The molecule has 0 aliphatic heterocycles. The first-order chi connectivity index (χ1) is 9.20. The highest BCUT2D eigenvalue weighted by Crippen LogP contribution is 2.30. The van der Waals surface area contributed by atoms with Crippen LogP contribution in [0.2, 0.25) is 0 Å². The average Bonchev–Trinajstić information content (AvgIpc) is 3.10. The van der Waals surface area contributed by atoms with E-state index in [0.29, 0.717) is 5.56 Å². The zero-order valence-electron chi connectivity index (χ0n) is 10.3. The van der Waals surface area contributed by atoms with Gasteiger partial charge in [0.15, 0.2) is 0 Å². The lowest BCUT2D eigenvalue weighted by atomic mass is 10.2. The van der Waals surface area contributed by atoms with E-state index in [9.17, 15) is 4.79 Å². The first-order valence-electron chi connectivity index (χ1n) is 6.30. The van der Waals surface area contributed by atoms with Gasteiger partial charge in [-0.15, -0.1) is 0 Å². The third-order valence-corrected chi connectivity index (χ3v) is 3.67. The van der Waals surface area contributed by atoms with Crippen LogP contribution in [0.1, 0.15) is 23.2 Å². The van der Waals surface area contributed by atoms with Gasteiger partial charge in [0.05, 0.1) is 11.9 Å². The van der Waals surface area contributed by atoms with Crippen molar-refractivity contribution in [2.75, 3.05) is 5.32 Å². The predicted octanol–water partition coefficient (Wildman–Crippen LogP) is 3.31. The van der Waals surface area contributed by atoms with Crippen molar-refractivity contribution in [3.63, 3.8) is 0 Å². The molecule has 1 heterocycles. The molecule has 1 aliphatic rings. The molecule has 2 aromatic rings. The van der Waals surface area contributed by atoms with Gasteiger partial charge in [0.25, 0.3) is 5.91 Å². The molecule has 1 fully saturated rings. The van der Waals surface area contributed by atoms with Gasteiger partial charge in [-0.3, -0.25) is 9.48 Å². The number of hydrogen-bond donors (Lipinski definition) is 1. The summed E-state index contributed by atoms with van der Waals surface area (Å²) >= 11 is 3.35. The van der Waals surface area contributed by atoms with Crippen LogP contribution >= 0.6 is 15.9 Å². The van der Waals surface area contributed by atoms with Gasteiger partial charge in [0, 0.05) is 22.8 Å². The van der Waals surface area contributed by atoms with Crippen molar-refractivity contribution in [2.24, 2.45) is 5.92 Å². The molecule has 98 valence electrons. The Morgan fingerprint density at radius 3 is 2.79 bits per heavy atom. The third kappa shape index (κ3) is 3.23. The summed E-state index contributed by atoms with van der Waals surface area (Å²) in [4.78, 5) is 12.0.